The molecule has 0 atom stereocenters. The standard InChI is InChI=1S/C22H24FN/c1-2-4-16-7-9-17(10-8-16)18-11-13-19(14-12-18)20-5-3-6-22(23)21(20)15-24/h3,5-6,11-14,16-17H,2,4,7-10H2,1H3/t16-,17-. The molecule has 1 aliphatic rings. The van der Waals surface area contributed by atoms with E-state index < -0.39 is 5.82 Å². The molecule has 0 N–H and O–H groups in total. The van der Waals surface area contributed by atoms with Crippen LogP contribution in [-0.2, 0) is 0 Å². The number of hydrogen-bond acceptors (Lipinski definition) is 1. The second-order valence-electron chi connectivity index (χ2n) is 6.90. The largest absolute Gasteiger partial charge is 0.206 e. The van der Waals surface area contributed by atoms with Crippen molar-refractivity contribution in [3.63, 3.8) is 0 Å². The second kappa shape index (κ2) is 7.62. The van der Waals surface area contributed by atoms with Crippen LogP contribution in [0.25, 0.3) is 11.1 Å². The SMILES string of the molecule is CCC[C@H]1CC[C@H](c2ccc(-c3cccc(F)c3C#N)cc2)CC1. The lowest BCUT2D eigenvalue weighted by Crippen LogP contribution is -2.13. The summed E-state index contributed by atoms with van der Waals surface area (Å²) in [4.78, 5) is 0. The zero-order chi connectivity index (χ0) is 16.9. The summed E-state index contributed by atoms with van der Waals surface area (Å²) in [7, 11) is 0. The topological polar surface area (TPSA) is 23.8 Å². The van der Waals surface area contributed by atoms with Gasteiger partial charge in [-0.15, -0.1) is 0 Å². The Kier molecular flexibility index (Phi) is 5.30. The molecule has 2 aromatic carbocycles. The maximum Gasteiger partial charge on any atom is 0.141 e. The maximum atomic E-state index is 13.8. The van der Waals surface area contributed by atoms with Crippen molar-refractivity contribution in [3.8, 4) is 17.2 Å². The van der Waals surface area contributed by atoms with Crippen LogP contribution in [0.15, 0.2) is 42.5 Å². The Hall–Kier alpha value is -2.14. The molecule has 2 aromatic rings. The van der Waals surface area contributed by atoms with E-state index in [2.05, 4.69) is 19.1 Å². The third-order valence-electron chi connectivity index (χ3n) is 5.36. The molecule has 1 fully saturated rings. The highest BCUT2D eigenvalue weighted by Crippen LogP contribution is 2.38. The van der Waals surface area contributed by atoms with Crippen molar-refractivity contribution in [2.75, 3.05) is 0 Å². The molecule has 0 aliphatic heterocycles. The third-order valence-corrected chi connectivity index (χ3v) is 5.36. The van der Waals surface area contributed by atoms with Gasteiger partial charge in [-0.05, 0) is 54.7 Å². The minimum atomic E-state index is -0.451. The number of rotatable bonds is 4. The van der Waals surface area contributed by atoms with Gasteiger partial charge < -0.3 is 0 Å². The Morgan fingerprint density at radius 1 is 1.04 bits per heavy atom. The van der Waals surface area contributed by atoms with Gasteiger partial charge in [-0.25, -0.2) is 4.39 Å². The molecule has 0 amide bonds. The van der Waals surface area contributed by atoms with E-state index in [-0.39, 0.29) is 5.56 Å². The number of nitriles is 1. The van der Waals surface area contributed by atoms with Gasteiger partial charge in [0, 0.05) is 5.56 Å². The smallest absolute Gasteiger partial charge is 0.141 e. The Bertz CT molecular complexity index is 719. The normalized spacial score (nSPS) is 20.5. The summed E-state index contributed by atoms with van der Waals surface area (Å²) in [6, 6.07) is 15.2. The van der Waals surface area contributed by atoms with E-state index in [1.807, 2.05) is 24.3 Å². The first kappa shape index (κ1) is 16.7. The zero-order valence-corrected chi connectivity index (χ0v) is 14.3. The fourth-order valence-electron chi connectivity index (χ4n) is 4.01. The summed E-state index contributed by atoms with van der Waals surface area (Å²) in [5.74, 6) is 1.11. The lowest BCUT2D eigenvalue weighted by Gasteiger charge is -2.28. The van der Waals surface area contributed by atoms with Crippen LogP contribution in [0, 0.1) is 23.1 Å². The summed E-state index contributed by atoms with van der Waals surface area (Å²) >= 11 is 0. The summed E-state index contributed by atoms with van der Waals surface area (Å²) in [6.07, 6.45) is 7.87. The van der Waals surface area contributed by atoms with Crippen molar-refractivity contribution in [2.45, 2.75) is 51.4 Å². The van der Waals surface area contributed by atoms with E-state index >= 15 is 0 Å². The predicted molar refractivity (Wildman–Crippen MR) is 96.2 cm³/mol. The van der Waals surface area contributed by atoms with Gasteiger partial charge in [0.15, 0.2) is 0 Å². The molecule has 124 valence electrons. The minimum Gasteiger partial charge on any atom is -0.206 e. The van der Waals surface area contributed by atoms with Crippen LogP contribution < -0.4 is 0 Å². The number of benzene rings is 2. The van der Waals surface area contributed by atoms with Gasteiger partial charge in [-0.1, -0.05) is 56.2 Å². The molecule has 2 heteroatoms. The van der Waals surface area contributed by atoms with Crippen LogP contribution in [0.3, 0.4) is 0 Å². The number of nitrogens with zero attached hydrogens (tertiary/aromatic N) is 1. The molecular weight excluding hydrogens is 297 g/mol. The Morgan fingerprint density at radius 3 is 2.38 bits per heavy atom. The summed E-state index contributed by atoms with van der Waals surface area (Å²) in [5.41, 5.74) is 3.10. The monoisotopic (exact) mass is 321 g/mol. The van der Waals surface area contributed by atoms with E-state index in [4.69, 9.17) is 0 Å². The highest BCUT2D eigenvalue weighted by molar-refractivity contribution is 5.70. The molecule has 0 aromatic heterocycles. The van der Waals surface area contributed by atoms with Crippen molar-refractivity contribution >= 4 is 0 Å². The van der Waals surface area contributed by atoms with E-state index in [9.17, 15) is 9.65 Å². The lowest BCUT2D eigenvalue weighted by molar-refractivity contribution is 0.308. The van der Waals surface area contributed by atoms with Crippen LogP contribution in [0.1, 0.15) is 62.5 Å². The summed E-state index contributed by atoms with van der Waals surface area (Å²) in [5, 5.41) is 9.20. The van der Waals surface area contributed by atoms with Crippen molar-refractivity contribution in [2.24, 2.45) is 5.92 Å². The second-order valence-corrected chi connectivity index (χ2v) is 6.90. The Balaban J connectivity index is 1.75. The average Bonchev–Trinajstić information content (AvgIpc) is 2.63. The first-order chi connectivity index (χ1) is 11.7. The predicted octanol–water partition coefficient (Wildman–Crippen LogP) is 6.44. The Morgan fingerprint density at radius 2 is 1.75 bits per heavy atom. The molecule has 0 saturated heterocycles. The number of halogens is 1. The molecule has 0 spiro atoms. The van der Waals surface area contributed by atoms with Crippen molar-refractivity contribution in [1.82, 2.24) is 0 Å². The highest BCUT2D eigenvalue weighted by atomic mass is 19.1. The Labute approximate surface area is 144 Å². The highest BCUT2D eigenvalue weighted by Gasteiger charge is 2.21. The van der Waals surface area contributed by atoms with Gasteiger partial charge in [0.25, 0.3) is 0 Å². The molecular formula is C22H24FN. The lowest BCUT2D eigenvalue weighted by atomic mass is 9.77. The fourth-order valence-corrected chi connectivity index (χ4v) is 4.01. The third kappa shape index (κ3) is 3.51. The molecule has 0 heterocycles. The summed E-state index contributed by atoms with van der Waals surface area (Å²) in [6.45, 7) is 2.27. The van der Waals surface area contributed by atoms with Crippen molar-refractivity contribution in [3.05, 3.63) is 59.4 Å². The van der Waals surface area contributed by atoms with Crippen LogP contribution in [0.4, 0.5) is 4.39 Å². The van der Waals surface area contributed by atoms with Crippen LogP contribution >= 0.6 is 0 Å². The average molecular weight is 321 g/mol. The molecule has 1 aliphatic carbocycles. The quantitative estimate of drug-likeness (QED) is 0.636. The maximum absolute atomic E-state index is 13.8. The van der Waals surface area contributed by atoms with Gasteiger partial charge >= 0.3 is 0 Å². The van der Waals surface area contributed by atoms with Crippen molar-refractivity contribution in [1.29, 1.82) is 5.26 Å². The first-order valence-corrected chi connectivity index (χ1v) is 9.01. The van der Waals surface area contributed by atoms with Crippen LogP contribution in [0.5, 0.6) is 0 Å². The minimum absolute atomic E-state index is 0.130. The van der Waals surface area contributed by atoms with Gasteiger partial charge in [0.05, 0.1) is 5.56 Å². The molecule has 3 rings (SSSR count). The van der Waals surface area contributed by atoms with E-state index in [0.29, 0.717) is 11.5 Å². The molecule has 0 radical (unpaired) electrons. The van der Waals surface area contributed by atoms with Crippen LogP contribution in [-0.4, -0.2) is 0 Å². The van der Waals surface area contributed by atoms with E-state index in [0.717, 1.165) is 11.5 Å². The van der Waals surface area contributed by atoms with Crippen LogP contribution in [0.2, 0.25) is 0 Å². The van der Waals surface area contributed by atoms with Crippen molar-refractivity contribution < 1.29 is 4.39 Å². The molecule has 0 unspecified atom stereocenters. The van der Waals surface area contributed by atoms with Gasteiger partial charge in [0.1, 0.15) is 11.9 Å². The first-order valence-electron chi connectivity index (χ1n) is 9.01. The van der Waals surface area contributed by atoms with E-state index in [1.54, 1.807) is 6.07 Å². The number of hydrogen-bond donors (Lipinski definition) is 0. The fraction of sp³-hybridized carbons (Fsp3) is 0.409. The molecule has 1 saturated carbocycles. The van der Waals surface area contributed by atoms with E-state index in [1.165, 1.54) is 50.2 Å². The van der Waals surface area contributed by atoms with Gasteiger partial charge in [0.2, 0.25) is 0 Å². The zero-order valence-electron chi connectivity index (χ0n) is 14.3. The van der Waals surface area contributed by atoms with Gasteiger partial charge in [-0.2, -0.15) is 5.26 Å². The summed E-state index contributed by atoms with van der Waals surface area (Å²) < 4.78 is 13.8. The molecule has 1 nitrogen and oxygen atoms in total. The van der Waals surface area contributed by atoms with Gasteiger partial charge in [-0.3, -0.25) is 0 Å². The molecule has 24 heavy (non-hydrogen) atoms. The molecule has 0 bridgehead atoms.